The van der Waals surface area contributed by atoms with E-state index in [1.165, 1.54) is 6.07 Å². The minimum Gasteiger partial charge on any atom is -0.308 e. The molecule has 0 saturated heterocycles. The van der Waals surface area contributed by atoms with Gasteiger partial charge in [-0.15, -0.1) is 11.3 Å². The first-order chi connectivity index (χ1) is 9.06. The lowest BCUT2D eigenvalue weighted by Crippen LogP contribution is -2.11. The summed E-state index contributed by atoms with van der Waals surface area (Å²) in [5, 5.41) is 15.2. The van der Waals surface area contributed by atoms with Gasteiger partial charge >= 0.3 is 0 Å². The highest BCUT2D eigenvalue weighted by Crippen LogP contribution is 2.25. The average Bonchev–Trinajstić information content (AvgIpc) is 2.77. The number of nitro benzene ring substituents is 1. The van der Waals surface area contributed by atoms with E-state index in [-0.39, 0.29) is 10.7 Å². The highest BCUT2D eigenvalue weighted by molar-refractivity contribution is 7.11. The van der Waals surface area contributed by atoms with Crippen LogP contribution < -0.4 is 5.32 Å². The number of thiazole rings is 1. The standard InChI is InChI=1S/C12H12ClN3O2S/c1-8-15-7-10(19-8)6-14-5-9-2-3-11(13)12(4-9)16(17)18/h2-4,7,14H,5-6H2,1H3. The second-order valence-corrected chi connectivity index (χ2v) is 5.72. The Morgan fingerprint density at radius 3 is 2.89 bits per heavy atom. The molecular weight excluding hydrogens is 286 g/mol. The van der Waals surface area contributed by atoms with Crippen molar-refractivity contribution in [2.45, 2.75) is 20.0 Å². The van der Waals surface area contributed by atoms with Crippen LogP contribution in [0.15, 0.2) is 24.4 Å². The third-order valence-corrected chi connectivity index (χ3v) is 3.74. The van der Waals surface area contributed by atoms with Crippen molar-refractivity contribution in [2.75, 3.05) is 0 Å². The zero-order valence-electron chi connectivity index (χ0n) is 10.2. The van der Waals surface area contributed by atoms with Crippen LogP contribution in [0.2, 0.25) is 5.02 Å². The monoisotopic (exact) mass is 297 g/mol. The van der Waals surface area contributed by atoms with E-state index < -0.39 is 4.92 Å². The van der Waals surface area contributed by atoms with Gasteiger partial charge < -0.3 is 5.32 Å². The molecule has 0 aliphatic carbocycles. The van der Waals surface area contributed by atoms with Gasteiger partial charge in [-0.3, -0.25) is 10.1 Å². The molecule has 0 aliphatic heterocycles. The normalized spacial score (nSPS) is 10.6. The van der Waals surface area contributed by atoms with Gasteiger partial charge in [-0.1, -0.05) is 17.7 Å². The van der Waals surface area contributed by atoms with Crippen molar-refractivity contribution >= 4 is 28.6 Å². The first-order valence-corrected chi connectivity index (χ1v) is 6.80. The van der Waals surface area contributed by atoms with Crippen LogP contribution in [0.3, 0.4) is 0 Å². The van der Waals surface area contributed by atoms with E-state index in [1.807, 2.05) is 13.1 Å². The van der Waals surface area contributed by atoms with Gasteiger partial charge in [-0.05, 0) is 18.6 Å². The Bertz CT molecular complexity index is 600. The fourth-order valence-electron chi connectivity index (χ4n) is 1.63. The molecule has 1 aromatic heterocycles. The molecule has 19 heavy (non-hydrogen) atoms. The number of rotatable bonds is 5. The molecule has 0 fully saturated rings. The first-order valence-electron chi connectivity index (χ1n) is 5.61. The van der Waals surface area contributed by atoms with E-state index in [4.69, 9.17) is 11.6 Å². The van der Waals surface area contributed by atoms with Gasteiger partial charge in [0.05, 0.1) is 9.93 Å². The Balaban J connectivity index is 1.96. The molecule has 100 valence electrons. The third-order valence-electron chi connectivity index (χ3n) is 2.50. The maximum Gasteiger partial charge on any atom is 0.288 e. The molecule has 1 heterocycles. The molecular formula is C12H12ClN3O2S. The van der Waals surface area contributed by atoms with E-state index in [9.17, 15) is 10.1 Å². The van der Waals surface area contributed by atoms with Crippen molar-refractivity contribution in [3.63, 3.8) is 0 Å². The summed E-state index contributed by atoms with van der Waals surface area (Å²) in [6.07, 6.45) is 1.83. The van der Waals surface area contributed by atoms with Crippen molar-refractivity contribution in [1.29, 1.82) is 0 Å². The molecule has 0 radical (unpaired) electrons. The van der Waals surface area contributed by atoms with Gasteiger partial charge in [0.2, 0.25) is 0 Å². The number of nitrogens with one attached hydrogen (secondary N) is 1. The van der Waals surface area contributed by atoms with Gasteiger partial charge in [0, 0.05) is 30.2 Å². The van der Waals surface area contributed by atoms with E-state index in [0.29, 0.717) is 13.1 Å². The van der Waals surface area contributed by atoms with Crippen molar-refractivity contribution in [3.8, 4) is 0 Å². The lowest BCUT2D eigenvalue weighted by Gasteiger charge is -2.04. The zero-order valence-corrected chi connectivity index (χ0v) is 11.8. The molecule has 2 rings (SSSR count). The van der Waals surface area contributed by atoms with E-state index >= 15 is 0 Å². The summed E-state index contributed by atoms with van der Waals surface area (Å²) in [5.41, 5.74) is 0.770. The van der Waals surface area contributed by atoms with Crippen LogP contribution in [0.5, 0.6) is 0 Å². The van der Waals surface area contributed by atoms with Crippen molar-refractivity contribution in [2.24, 2.45) is 0 Å². The van der Waals surface area contributed by atoms with Crippen LogP contribution in [0, 0.1) is 17.0 Å². The quantitative estimate of drug-likeness (QED) is 0.679. The number of hydrogen-bond acceptors (Lipinski definition) is 5. The van der Waals surface area contributed by atoms with Gasteiger partial charge in [0.15, 0.2) is 0 Å². The minimum absolute atomic E-state index is 0.0606. The number of aryl methyl sites for hydroxylation is 1. The molecule has 2 aromatic rings. The SMILES string of the molecule is Cc1ncc(CNCc2ccc(Cl)c([N+](=O)[O-])c2)s1. The summed E-state index contributed by atoms with van der Waals surface area (Å²) in [6.45, 7) is 3.20. The Labute approximate surface area is 119 Å². The van der Waals surface area contributed by atoms with Gasteiger partial charge in [0.25, 0.3) is 5.69 Å². The number of benzene rings is 1. The van der Waals surface area contributed by atoms with Crippen molar-refractivity contribution < 1.29 is 4.92 Å². The molecule has 1 N–H and O–H groups in total. The largest absolute Gasteiger partial charge is 0.308 e. The molecule has 0 amide bonds. The molecule has 0 aliphatic rings. The summed E-state index contributed by atoms with van der Waals surface area (Å²) < 4.78 is 0. The third kappa shape index (κ3) is 3.73. The summed E-state index contributed by atoms with van der Waals surface area (Å²) in [5.74, 6) is 0. The van der Waals surface area contributed by atoms with Crippen LogP contribution in [0.25, 0.3) is 0 Å². The number of aromatic nitrogens is 1. The molecule has 0 saturated carbocycles. The molecule has 0 unspecified atom stereocenters. The van der Waals surface area contributed by atoms with Gasteiger partial charge in [0.1, 0.15) is 5.02 Å². The van der Waals surface area contributed by atoms with E-state index in [2.05, 4.69) is 10.3 Å². The Hall–Kier alpha value is -1.50. The molecule has 1 aromatic carbocycles. The topological polar surface area (TPSA) is 68.1 Å². The van der Waals surface area contributed by atoms with Gasteiger partial charge in [-0.2, -0.15) is 0 Å². The minimum atomic E-state index is -0.474. The van der Waals surface area contributed by atoms with Crippen LogP contribution in [-0.2, 0) is 13.1 Å². The Morgan fingerprint density at radius 2 is 2.26 bits per heavy atom. The molecule has 0 spiro atoms. The maximum absolute atomic E-state index is 10.8. The lowest BCUT2D eigenvalue weighted by molar-refractivity contribution is -0.384. The number of hydrogen-bond donors (Lipinski definition) is 1. The van der Waals surface area contributed by atoms with Crippen LogP contribution in [0.4, 0.5) is 5.69 Å². The van der Waals surface area contributed by atoms with Crippen molar-refractivity contribution in [3.05, 3.63) is 55.0 Å². The number of halogens is 1. The number of nitrogens with zero attached hydrogens (tertiary/aromatic N) is 2. The average molecular weight is 298 g/mol. The van der Waals surface area contributed by atoms with Gasteiger partial charge in [-0.25, -0.2) is 4.98 Å². The fourth-order valence-corrected chi connectivity index (χ4v) is 2.58. The predicted molar refractivity (Wildman–Crippen MR) is 75.5 cm³/mol. The molecule has 7 heteroatoms. The smallest absolute Gasteiger partial charge is 0.288 e. The van der Waals surface area contributed by atoms with Crippen molar-refractivity contribution in [1.82, 2.24) is 10.3 Å². The Morgan fingerprint density at radius 1 is 1.47 bits per heavy atom. The second kappa shape index (κ2) is 6.10. The number of nitro groups is 1. The van der Waals surface area contributed by atoms with Crippen LogP contribution in [0.1, 0.15) is 15.4 Å². The second-order valence-electron chi connectivity index (χ2n) is 3.99. The maximum atomic E-state index is 10.8. The zero-order chi connectivity index (χ0) is 13.8. The summed E-state index contributed by atoms with van der Waals surface area (Å²) in [7, 11) is 0. The first kappa shape index (κ1) is 13.9. The summed E-state index contributed by atoms with van der Waals surface area (Å²) in [4.78, 5) is 15.6. The van der Waals surface area contributed by atoms with E-state index in [1.54, 1.807) is 23.5 Å². The summed E-state index contributed by atoms with van der Waals surface area (Å²) in [6, 6.07) is 4.82. The molecule has 0 atom stereocenters. The van der Waals surface area contributed by atoms with Crippen LogP contribution in [-0.4, -0.2) is 9.91 Å². The molecule has 0 bridgehead atoms. The predicted octanol–water partition coefficient (Wildman–Crippen LogP) is 3.30. The molecule has 5 nitrogen and oxygen atoms in total. The highest BCUT2D eigenvalue weighted by Gasteiger charge is 2.12. The lowest BCUT2D eigenvalue weighted by atomic mass is 10.2. The van der Waals surface area contributed by atoms with Crippen LogP contribution >= 0.6 is 22.9 Å². The highest BCUT2D eigenvalue weighted by atomic mass is 35.5. The fraction of sp³-hybridized carbons (Fsp3) is 0.250. The van der Waals surface area contributed by atoms with E-state index in [0.717, 1.165) is 15.4 Å². The Kier molecular flexibility index (Phi) is 4.47. The summed E-state index contributed by atoms with van der Waals surface area (Å²) >= 11 is 7.39.